The zero-order valence-corrected chi connectivity index (χ0v) is 12.4. The predicted molar refractivity (Wildman–Crippen MR) is 76.8 cm³/mol. The molecule has 2 N–H and O–H groups in total. The van der Waals surface area contributed by atoms with Crippen molar-refractivity contribution < 1.29 is 4.79 Å². The Balaban J connectivity index is 2.07. The summed E-state index contributed by atoms with van der Waals surface area (Å²) in [5.74, 6) is 0.562. The van der Waals surface area contributed by atoms with Gasteiger partial charge in [0.25, 0.3) is 5.91 Å². The Morgan fingerprint density at radius 1 is 1.50 bits per heavy atom. The van der Waals surface area contributed by atoms with Crippen LogP contribution in [0.2, 0.25) is 0 Å². The lowest BCUT2D eigenvalue weighted by molar-refractivity contribution is 0.0914. The van der Waals surface area contributed by atoms with Crippen LogP contribution in [0, 0.1) is 12.8 Å². The highest BCUT2D eigenvalue weighted by molar-refractivity contribution is 9.10. The van der Waals surface area contributed by atoms with E-state index >= 15 is 0 Å². The molecular weight excluding hydrogens is 292 g/mol. The minimum absolute atomic E-state index is 0.0283. The number of carbonyl (C=O) groups excluding carboxylic acids is 1. The van der Waals surface area contributed by atoms with Crippen LogP contribution < -0.4 is 10.6 Å². The second kappa shape index (κ2) is 5.85. The van der Waals surface area contributed by atoms with E-state index in [-0.39, 0.29) is 11.9 Å². The minimum atomic E-state index is 0.0283. The van der Waals surface area contributed by atoms with E-state index in [2.05, 4.69) is 33.5 Å². The number of aryl methyl sites for hydroxylation is 1. The normalized spacial score (nSPS) is 23.7. The van der Waals surface area contributed by atoms with Gasteiger partial charge in [-0.1, -0.05) is 22.9 Å². The molecule has 1 saturated heterocycles. The largest absolute Gasteiger partial charge is 0.348 e. The first-order valence-corrected chi connectivity index (χ1v) is 7.15. The fraction of sp³-hybridized carbons (Fsp3) is 0.500. The molecule has 2 rings (SSSR count). The van der Waals surface area contributed by atoms with Gasteiger partial charge >= 0.3 is 0 Å². The van der Waals surface area contributed by atoms with Gasteiger partial charge < -0.3 is 10.6 Å². The zero-order valence-electron chi connectivity index (χ0n) is 10.8. The van der Waals surface area contributed by atoms with Crippen molar-refractivity contribution in [1.29, 1.82) is 0 Å². The van der Waals surface area contributed by atoms with Gasteiger partial charge in [0, 0.05) is 22.6 Å². The number of benzene rings is 1. The Kier molecular flexibility index (Phi) is 4.40. The van der Waals surface area contributed by atoms with E-state index in [0.29, 0.717) is 5.92 Å². The average Bonchev–Trinajstić information content (AvgIpc) is 2.32. The third-order valence-electron chi connectivity index (χ3n) is 3.58. The van der Waals surface area contributed by atoms with Crippen molar-refractivity contribution in [3.63, 3.8) is 0 Å². The van der Waals surface area contributed by atoms with Crippen LogP contribution in [0.25, 0.3) is 0 Å². The van der Waals surface area contributed by atoms with Crippen molar-refractivity contribution in [3.05, 3.63) is 33.8 Å². The fourth-order valence-corrected chi connectivity index (χ4v) is 2.79. The number of hydrogen-bond donors (Lipinski definition) is 2. The molecule has 18 heavy (non-hydrogen) atoms. The van der Waals surface area contributed by atoms with E-state index in [4.69, 9.17) is 0 Å². The molecule has 2 atom stereocenters. The molecule has 0 bridgehead atoms. The smallest absolute Gasteiger partial charge is 0.251 e. The standard InChI is InChI=1S/C14H19BrN2O/c1-9-5-6-16-8-13(9)17-14(18)12-4-3-11(15)7-10(12)2/h3-4,7,9,13,16H,5-6,8H2,1-2H3,(H,17,18). The molecule has 1 aromatic rings. The van der Waals surface area contributed by atoms with Gasteiger partial charge in [-0.3, -0.25) is 4.79 Å². The molecule has 1 aliphatic rings. The molecule has 98 valence electrons. The number of amides is 1. The number of nitrogens with one attached hydrogen (secondary N) is 2. The van der Waals surface area contributed by atoms with Crippen LogP contribution in [0.3, 0.4) is 0 Å². The third kappa shape index (κ3) is 3.12. The van der Waals surface area contributed by atoms with Crippen LogP contribution in [-0.4, -0.2) is 25.0 Å². The van der Waals surface area contributed by atoms with Gasteiger partial charge in [-0.2, -0.15) is 0 Å². The predicted octanol–water partition coefficient (Wildman–Crippen LogP) is 2.49. The Morgan fingerprint density at radius 2 is 2.28 bits per heavy atom. The Hall–Kier alpha value is -0.870. The molecule has 1 heterocycles. The molecule has 1 aromatic carbocycles. The Labute approximate surface area is 116 Å². The fourth-order valence-electron chi connectivity index (χ4n) is 2.31. The van der Waals surface area contributed by atoms with E-state index in [0.717, 1.165) is 35.1 Å². The molecule has 1 amide bonds. The van der Waals surface area contributed by atoms with Crippen molar-refractivity contribution in [3.8, 4) is 0 Å². The van der Waals surface area contributed by atoms with Crippen molar-refractivity contribution >= 4 is 21.8 Å². The van der Waals surface area contributed by atoms with Crippen LogP contribution in [0.4, 0.5) is 0 Å². The van der Waals surface area contributed by atoms with Gasteiger partial charge in [-0.15, -0.1) is 0 Å². The molecule has 0 spiro atoms. The van der Waals surface area contributed by atoms with E-state index in [1.54, 1.807) is 0 Å². The van der Waals surface area contributed by atoms with Gasteiger partial charge in [0.05, 0.1) is 0 Å². The van der Waals surface area contributed by atoms with Crippen molar-refractivity contribution in [1.82, 2.24) is 10.6 Å². The summed E-state index contributed by atoms with van der Waals surface area (Å²) in [6.07, 6.45) is 1.12. The average molecular weight is 311 g/mol. The van der Waals surface area contributed by atoms with Gasteiger partial charge in [-0.25, -0.2) is 0 Å². The molecule has 4 heteroatoms. The first-order valence-electron chi connectivity index (χ1n) is 6.35. The van der Waals surface area contributed by atoms with E-state index in [1.165, 1.54) is 0 Å². The third-order valence-corrected chi connectivity index (χ3v) is 4.07. The molecule has 1 aliphatic heterocycles. The van der Waals surface area contributed by atoms with Crippen LogP contribution in [-0.2, 0) is 0 Å². The maximum atomic E-state index is 12.2. The van der Waals surface area contributed by atoms with Crippen molar-refractivity contribution in [2.24, 2.45) is 5.92 Å². The molecule has 0 aliphatic carbocycles. The Bertz CT molecular complexity index is 447. The highest BCUT2D eigenvalue weighted by Gasteiger charge is 2.23. The summed E-state index contributed by atoms with van der Waals surface area (Å²) < 4.78 is 1.00. The minimum Gasteiger partial charge on any atom is -0.348 e. The second-order valence-corrected chi connectivity index (χ2v) is 5.92. The zero-order chi connectivity index (χ0) is 13.1. The number of piperidine rings is 1. The second-order valence-electron chi connectivity index (χ2n) is 5.01. The number of halogens is 1. The topological polar surface area (TPSA) is 41.1 Å². The highest BCUT2D eigenvalue weighted by Crippen LogP contribution is 2.17. The van der Waals surface area contributed by atoms with Crippen molar-refractivity contribution in [2.45, 2.75) is 26.3 Å². The van der Waals surface area contributed by atoms with Gasteiger partial charge in [0.1, 0.15) is 0 Å². The van der Waals surface area contributed by atoms with E-state index in [9.17, 15) is 4.79 Å². The summed E-state index contributed by atoms with van der Waals surface area (Å²) >= 11 is 3.41. The highest BCUT2D eigenvalue weighted by atomic mass is 79.9. The summed E-state index contributed by atoms with van der Waals surface area (Å²) in [6, 6.07) is 5.98. The van der Waals surface area contributed by atoms with Crippen LogP contribution in [0.15, 0.2) is 22.7 Å². The van der Waals surface area contributed by atoms with Crippen LogP contribution in [0.5, 0.6) is 0 Å². The summed E-state index contributed by atoms with van der Waals surface area (Å²) in [5, 5.41) is 6.45. The summed E-state index contributed by atoms with van der Waals surface area (Å²) in [5.41, 5.74) is 1.76. The first kappa shape index (κ1) is 13.6. The number of rotatable bonds is 2. The molecule has 0 saturated carbocycles. The molecule has 1 fully saturated rings. The molecule has 0 aromatic heterocycles. The maximum Gasteiger partial charge on any atom is 0.251 e. The summed E-state index contributed by atoms with van der Waals surface area (Å²) in [4.78, 5) is 12.2. The summed E-state index contributed by atoms with van der Waals surface area (Å²) in [7, 11) is 0. The number of hydrogen-bond acceptors (Lipinski definition) is 2. The summed E-state index contributed by atoms with van der Waals surface area (Å²) in [6.45, 7) is 6.07. The monoisotopic (exact) mass is 310 g/mol. The number of carbonyl (C=O) groups is 1. The van der Waals surface area contributed by atoms with Crippen molar-refractivity contribution in [2.75, 3.05) is 13.1 Å². The lowest BCUT2D eigenvalue weighted by atomic mass is 9.94. The van der Waals surface area contributed by atoms with Crippen LogP contribution >= 0.6 is 15.9 Å². The molecule has 0 radical (unpaired) electrons. The maximum absolute atomic E-state index is 12.2. The lowest BCUT2D eigenvalue weighted by Crippen LogP contribution is -2.50. The SMILES string of the molecule is Cc1cc(Br)ccc1C(=O)NC1CNCCC1C. The van der Waals surface area contributed by atoms with Gasteiger partial charge in [0.2, 0.25) is 0 Å². The molecule has 2 unspecified atom stereocenters. The Morgan fingerprint density at radius 3 is 2.94 bits per heavy atom. The quantitative estimate of drug-likeness (QED) is 0.881. The van der Waals surface area contributed by atoms with Gasteiger partial charge in [-0.05, 0) is 49.6 Å². The van der Waals surface area contributed by atoms with Crippen LogP contribution in [0.1, 0.15) is 29.3 Å². The van der Waals surface area contributed by atoms with Gasteiger partial charge in [0.15, 0.2) is 0 Å². The van der Waals surface area contributed by atoms with E-state index < -0.39 is 0 Å². The van der Waals surface area contributed by atoms with E-state index in [1.807, 2.05) is 25.1 Å². The molecular formula is C14H19BrN2O. The first-order chi connectivity index (χ1) is 8.58. The lowest BCUT2D eigenvalue weighted by Gasteiger charge is -2.30. The molecule has 3 nitrogen and oxygen atoms in total.